The van der Waals surface area contributed by atoms with Gasteiger partial charge in [-0.15, -0.1) is 0 Å². The Morgan fingerprint density at radius 3 is 2.00 bits per heavy atom. The van der Waals surface area contributed by atoms with Crippen LogP contribution < -0.4 is 0 Å². The minimum atomic E-state index is 1.16. The summed E-state index contributed by atoms with van der Waals surface area (Å²) in [5, 5.41) is 0. The molecule has 0 aliphatic heterocycles. The Hall–Kier alpha value is -2.86. The van der Waals surface area contributed by atoms with Crippen molar-refractivity contribution in [3.8, 4) is 22.3 Å². The second-order valence-electron chi connectivity index (χ2n) is 7.62. The maximum absolute atomic E-state index is 2.33. The number of hydrogen-bond acceptors (Lipinski definition) is 0. The summed E-state index contributed by atoms with van der Waals surface area (Å²) in [7, 11) is 0. The van der Waals surface area contributed by atoms with Crippen molar-refractivity contribution in [2.45, 2.75) is 33.6 Å². The second kappa shape index (κ2) is 7.40. The number of rotatable bonds is 3. The van der Waals surface area contributed by atoms with Crippen LogP contribution in [0.5, 0.6) is 0 Å². The molecule has 0 fully saturated rings. The molecule has 0 heterocycles. The van der Waals surface area contributed by atoms with E-state index in [0.717, 1.165) is 6.42 Å². The normalized spacial score (nSPS) is 13.9. The molecule has 1 aliphatic carbocycles. The van der Waals surface area contributed by atoms with Gasteiger partial charge in [0.25, 0.3) is 0 Å². The molecular formula is C27H26. The summed E-state index contributed by atoms with van der Waals surface area (Å²) < 4.78 is 0. The number of hydrogen-bond donors (Lipinski definition) is 0. The smallest absolute Gasteiger partial charge is 0.0155 e. The van der Waals surface area contributed by atoms with Crippen molar-refractivity contribution in [3.05, 3.63) is 101 Å². The first-order valence-corrected chi connectivity index (χ1v) is 9.76. The van der Waals surface area contributed by atoms with E-state index >= 15 is 0 Å². The third-order valence-corrected chi connectivity index (χ3v) is 5.49. The van der Waals surface area contributed by atoms with Crippen molar-refractivity contribution in [1.82, 2.24) is 0 Å². The maximum Gasteiger partial charge on any atom is -0.0155 e. The summed E-state index contributed by atoms with van der Waals surface area (Å²) in [5.41, 5.74) is 12.0. The summed E-state index contributed by atoms with van der Waals surface area (Å²) in [4.78, 5) is 0. The SMILES string of the molecule is CC1=C(c2ccc(-c3cccc(-c4cccc(C)c4)c3)cc2C)C=CCC1. The highest BCUT2D eigenvalue weighted by Gasteiger charge is 2.10. The van der Waals surface area contributed by atoms with Crippen LogP contribution in [-0.4, -0.2) is 0 Å². The first kappa shape index (κ1) is 17.5. The first-order valence-electron chi connectivity index (χ1n) is 9.76. The van der Waals surface area contributed by atoms with Gasteiger partial charge in [-0.2, -0.15) is 0 Å². The molecule has 3 aromatic rings. The topological polar surface area (TPSA) is 0 Å². The second-order valence-corrected chi connectivity index (χ2v) is 7.62. The van der Waals surface area contributed by atoms with Crippen LogP contribution in [0.1, 0.15) is 36.5 Å². The van der Waals surface area contributed by atoms with Crippen molar-refractivity contribution >= 4 is 5.57 Å². The van der Waals surface area contributed by atoms with E-state index < -0.39 is 0 Å². The van der Waals surface area contributed by atoms with E-state index in [4.69, 9.17) is 0 Å². The lowest BCUT2D eigenvalue weighted by Crippen LogP contribution is -1.95. The van der Waals surface area contributed by atoms with Crippen LogP contribution in [0.25, 0.3) is 27.8 Å². The molecule has 1 aliphatic rings. The molecule has 0 bridgehead atoms. The highest BCUT2D eigenvalue weighted by molar-refractivity contribution is 5.81. The molecule has 0 amide bonds. The molecule has 0 nitrogen and oxygen atoms in total. The molecule has 0 aromatic heterocycles. The fourth-order valence-corrected chi connectivity index (χ4v) is 3.95. The molecule has 0 unspecified atom stereocenters. The quantitative estimate of drug-likeness (QED) is 0.453. The van der Waals surface area contributed by atoms with Gasteiger partial charge in [0.2, 0.25) is 0 Å². The highest BCUT2D eigenvalue weighted by atomic mass is 14.2. The molecule has 0 atom stereocenters. The minimum Gasteiger partial charge on any atom is -0.0836 e. The van der Waals surface area contributed by atoms with E-state index in [1.165, 1.54) is 56.5 Å². The van der Waals surface area contributed by atoms with Crippen molar-refractivity contribution in [2.75, 3.05) is 0 Å². The van der Waals surface area contributed by atoms with Crippen molar-refractivity contribution in [1.29, 1.82) is 0 Å². The van der Waals surface area contributed by atoms with Crippen LogP contribution in [0.2, 0.25) is 0 Å². The molecule has 0 saturated heterocycles. The van der Waals surface area contributed by atoms with Crippen LogP contribution in [0.15, 0.2) is 84.5 Å². The Morgan fingerprint density at radius 1 is 0.667 bits per heavy atom. The van der Waals surface area contributed by atoms with E-state index in [2.05, 4.69) is 99.7 Å². The standard InChI is InChI=1S/C27H26/c1-19-8-6-10-22(16-19)23-11-7-12-24(18-23)25-14-15-27(21(3)17-25)26-13-5-4-9-20(26)2/h5-8,10-18H,4,9H2,1-3H3. The summed E-state index contributed by atoms with van der Waals surface area (Å²) in [5.74, 6) is 0. The van der Waals surface area contributed by atoms with Gasteiger partial charge in [0.05, 0.1) is 0 Å². The van der Waals surface area contributed by atoms with Gasteiger partial charge in [-0.3, -0.25) is 0 Å². The Balaban J connectivity index is 1.71. The van der Waals surface area contributed by atoms with E-state index in [1.807, 2.05) is 0 Å². The summed E-state index contributed by atoms with van der Waals surface area (Å²) in [6, 6.07) is 24.5. The van der Waals surface area contributed by atoms with Gasteiger partial charge in [0.1, 0.15) is 0 Å². The molecule has 3 aromatic carbocycles. The average molecular weight is 351 g/mol. The Bertz CT molecular complexity index is 1050. The van der Waals surface area contributed by atoms with Crippen LogP contribution in [0.3, 0.4) is 0 Å². The van der Waals surface area contributed by atoms with E-state index in [0.29, 0.717) is 0 Å². The number of benzene rings is 3. The zero-order valence-corrected chi connectivity index (χ0v) is 16.4. The van der Waals surface area contributed by atoms with Gasteiger partial charge in [-0.05, 0) is 78.6 Å². The maximum atomic E-state index is 2.33. The molecule has 134 valence electrons. The molecular weight excluding hydrogens is 324 g/mol. The molecule has 0 heteroatoms. The lowest BCUT2D eigenvalue weighted by molar-refractivity contribution is 0.967. The lowest BCUT2D eigenvalue weighted by atomic mass is 9.89. The highest BCUT2D eigenvalue weighted by Crippen LogP contribution is 2.33. The van der Waals surface area contributed by atoms with Gasteiger partial charge in [0.15, 0.2) is 0 Å². The van der Waals surface area contributed by atoms with E-state index in [9.17, 15) is 0 Å². The van der Waals surface area contributed by atoms with Gasteiger partial charge in [0, 0.05) is 0 Å². The zero-order chi connectivity index (χ0) is 18.8. The summed E-state index contributed by atoms with van der Waals surface area (Å²) in [6.45, 7) is 6.63. The third kappa shape index (κ3) is 3.66. The first-order chi connectivity index (χ1) is 13.1. The molecule has 4 rings (SSSR count). The van der Waals surface area contributed by atoms with Gasteiger partial charge < -0.3 is 0 Å². The van der Waals surface area contributed by atoms with Crippen molar-refractivity contribution in [2.24, 2.45) is 0 Å². The fourth-order valence-electron chi connectivity index (χ4n) is 3.95. The van der Waals surface area contributed by atoms with E-state index in [-0.39, 0.29) is 0 Å². The zero-order valence-electron chi connectivity index (χ0n) is 16.4. The van der Waals surface area contributed by atoms with Gasteiger partial charge in [-0.25, -0.2) is 0 Å². The third-order valence-electron chi connectivity index (χ3n) is 5.49. The van der Waals surface area contributed by atoms with Gasteiger partial charge >= 0.3 is 0 Å². The average Bonchev–Trinajstić information content (AvgIpc) is 2.69. The monoisotopic (exact) mass is 350 g/mol. The molecule has 0 spiro atoms. The number of aryl methyl sites for hydroxylation is 2. The fraction of sp³-hybridized carbons (Fsp3) is 0.185. The van der Waals surface area contributed by atoms with E-state index in [1.54, 1.807) is 0 Å². The predicted octanol–water partition coefficient (Wildman–Crippen LogP) is 7.76. The Morgan fingerprint density at radius 2 is 1.33 bits per heavy atom. The summed E-state index contributed by atoms with van der Waals surface area (Å²) in [6.07, 6.45) is 6.92. The van der Waals surface area contributed by atoms with Crippen molar-refractivity contribution < 1.29 is 0 Å². The molecule has 27 heavy (non-hydrogen) atoms. The minimum absolute atomic E-state index is 1.16. The molecule has 0 saturated carbocycles. The van der Waals surface area contributed by atoms with Gasteiger partial charge in [-0.1, -0.05) is 84.0 Å². The predicted molar refractivity (Wildman–Crippen MR) is 118 cm³/mol. The van der Waals surface area contributed by atoms with Crippen LogP contribution in [0, 0.1) is 13.8 Å². The van der Waals surface area contributed by atoms with Crippen LogP contribution >= 0.6 is 0 Å². The largest absolute Gasteiger partial charge is 0.0836 e. The van der Waals surface area contributed by atoms with Crippen LogP contribution in [0.4, 0.5) is 0 Å². The molecule has 0 N–H and O–H groups in total. The lowest BCUT2D eigenvalue weighted by Gasteiger charge is -2.16. The molecule has 0 radical (unpaired) electrons. The van der Waals surface area contributed by atoms with Crippen LogP contribution in [-0.2, 0) is 0 Å². The number of allylic oxidation sites excluding steroid dienone is 4. The Labute approximate surface area is 162 Å². The van der Waals surface area contributed by atoms with Crippen molar-refractivity contribution in [3.63, 3.8) is 0 Å². The Kier molecular flexibility index (Phi) is 4.81. The summed E-state index contributed by atoms with van der Waals surface area (Å²) >= 11 is 0.